The number of carbonyl (C=O) groups excluding carboxylic acids is 6. The van der Waals surface area contributed by atoms with Crippen LogP contribution in [-0.4, -0.2) is 333 Å². The van der Waals surface area contributed by atoms with Gasteiger partial charge >= 0.3 is 18.0 Å². The second-order valence-electron chi connectivity index (χ2n) is 33.5. The molecule has 2 aliphatic heterocycles. The van der Waals surface area contributed by atoms with Crippen molar-refractivity contribution >= 4 is 151 Å². The summed E-state index contributed by atoms with van der Waals surface area (Å²) in [5.74, 6) is -18.6. The van der Waals surface area contributed by atoms with E-state index >= 15 is 14.4 Å². The lowest BCUT2D eigenvalue weighted by Crippen LogP contribution is -2.58. The van der Waals surface area contributed by atoms with E-state index in [0.29, 0.717) is 29.4 Å². The maximum atomic E-state index is 15.8. The molecular weight excluding hydrogens is 1870 g/mol. The summed E-state index contributed by atoms with van der Waals surface area (Å²) >= 11 is 0. The van der Waals surface area contributed by atoms with Crippen LogP contribution in [0, 0.1) is 21.6 Å². The van der Waals surface area contributed by atoms with Crippen LogP contribution < -0.4 is 93.7 Å². The summed E-state index contributed by atoms with van der Waals surface area (Å²) in [6.07, 6.45) is -2.32. The van der Waals surface area contributed by atoms with Crippen LogP contribution in [0.5, 0.6) is 11.5 Å². The number of guanidine groups is 4. The van der Waals surface area contributed by atoms with E-state index in [1.54, 1.807) is 36.4 Å². The molecule has 2 aliphatic rings. The minimum absolute atomic E-state index is 0.00486. The first-order valence-electron chi connectivity index (χ1n) is 46.1. The van der Waals surface area contributed by atoms with Gasteiger partial charge in [-0.25, -0.2) is 49.5 Å². The van der Waals surface area contributed by atoms with Crippen molar-refractivity contribution in [3.63, 3.8) is 0 Å². The summed E-state index contributed by atoms with van der Waals surface area (Å²) in [5, 5.41) is 198. The summed E-state index contributed by atoms with van der Waals surface area (Å²) in [4.78, 5) is 150. The Morgan fingerprint density at radius 2 is 0.858 bits per heavy atom. The lowest BCUT2D eigenvalue weighted by atomic mass is 10.00. The van der Waals surface area contributed by atoms with Crippen molar-refractivity contribution in [3.05, 3.63) is 108 Å². The number of carboxylic acid groups (broad SMARTS) is 2. The van der Waals surface area contributed by atoms with Gasteiger partial charge in [0.05, 0.1) is 6.04 Å². The summed E-state index contributed by atoms with van der Waals surface area (Å²) in [7, 11) is 1.48. The van der Waals surface area contributed by atoms with Gasteiger partial charge in [-0.2, -0.15) is 0 Å². The quantitative estimate of drug-likeness (QED) is 0.0128. The molecule has 0 bridgehead atoms. The van der Waals surface area contributed by atoms with E-state index < -0.39 is 234 Å². The third kappa shape index (κ3) is 42.5. The van der Waals surface area contributed by atoms with E-state index in [0.717, 1.165) is 27.0 Å². The number of nitrogens with two attached hydrogens (primary N) is 8. The Morgan fingerprint density at radius 1 is 0.433 bits per heavy atom. The highest BCUT2D eigenvalue weighted by Gasteiger charge is 2.40. The second kappa shape index (κ2) is 61.2. The van der Waals surface area contributed by atoms with Crippen molar-refractivity contribution in [2.75, 3.05) is 63.9 Å². The number of aliphatic carboxylic acids is 2. The zero-order chi connectivity index (χ0) is 104. The van der Waals surface area contributed by atoms with Crippen LogP contribution in [0.25, 0.3) is 10.8 Å². The van der Waals surface area contributed by atoms with Crippen LogP contribution in [0.3, 0.4) is 0 Å². The van der Waals surface area contributed by atoms with E-state index in [1.807, 2.05) is 6.07 Å². The number of rotatable bonds is 46. The molecule has 4 aromatic carbocycles. The Kier molecular flexibility index (Phi) is 50.1. The number of urea groups is 1. The number of hydrogen-bond donors (Lipinski definition) is 33. The number of amides is 7. The van der Waals surface area contributed by atoms with Crippen molar-refractivity contribution in [1.29, 1.82) is 21.6 Å². The molecule has 1 saturated heterocycles. The van der Waals surface area contributed by atoms with Gasteiger partial charge in [-0.1, -0.05) is 88.3 Å². The lowest BCUT2D eigenvalue weighted by Gasteiger charge is -2.27. The average molecular weight is 2010 g/mol. The van der Waals surface area contributed by atoms with Crippen LogP contribution >= 0.6 is 21.6 Å². The highest BCUT2D eigenvalue weighted by Crippen LogP contribution is 2.29. The van der Waals surface area contributed by atoms with Crippen LogP contribution in [0.1, 0.15) is 145 Å². The number of aliphatic imine (C=N–C) groups is 8. The van der Waals surface area contributed by atoms with Crippen molar-refractivity contribution in [1.82, 2.24) is 52.8 Å². The van der Waals surface area contributed by atoms with Crippen LogP contribution in [0.15, 0.2) is 131 Å². The monoisotopic (exact) mass is 2010 g/mol. The van der Waals surface area contributed by atoms with E-state index in [4.69, 9.17) is 67.5 Å². The molecule has 0 radical (unpaired) electrons. The predicted octanol–water partition coefficient (Wildman–Crippen LogP) is 1.24. The molecule has 774 valence electrons. The van der Waals surface area contributed by atoms with E-state index in [2.05, 4.69) is 87.8 Å². The van der Waals surface area contributed by atoms with Crippen molar-refractivity contribution in [2.24, 2.45) is 85.8 Å². The molecule has 0 saturated carbocycles. The molecule has 41 N–H and O–H groups in total. The second-order valence-corrected chi connectivity index (χ2v) is 36.0. The maximum absolute atomic E-state index is 15.8. The molecule has 50 nitrogen and oxygen atoms in total. The van der Waals surface area contributed by atoms with Gasteiger partial charge in [0.1, 0.15) is 90.0 Å². The molecule has 2 heterocycles. The Bertz CT molecular complexity index is 5070. The zero-order valence-electron chi connectivity index (χ0n) is 78.2. The van der Waals surface area contributed by atoms with Gasteiger partial charge in [-0.3, -0.25) is 50.4 Å². The summed E-state index contributed by atoms with van der Waals surface area (Å²) in [5.41, 5.74) is 47.1. The Morgan fingerprint density at radius 3 is 1.35 bits per heavy atom. The predicted molar refractivity (Wildman–Crippen MR) is 541 cm³/mol. The van der Waals surface area contributed by atoms with E-state index in [9.17, 15) is 85.3 Å². The van der Waals surface area contributed by atoms with Gasteiger partial charge in [-0.15, -0.1) is 0 Å². The molecule has 0 aromatic heterocycles. The Labute approximate surface area is 821 Å². The summed E-state index contributed by atoms with van der Waals surface area (Å²) in [6, 6.07) is -0.768. The molecule has 4 unspecified atom stereocenters. The van der Waals surface area contributed by atoms with Crippen molar-refractivity contribution < 1.29 is 99.6 Å². The first kappa shape index (κ1) is 115. The number of fused-ring (bicyclic) bond motifs is 2. The number of phenolic OH excluding ortho intramolecular Hbond substituents is 2. The zero-order valence-corrected chi connectivity index (χ0v) is 79.8. The molecular formula is C89H136N30O20S2. The molecule has 1 fully saturated rings. The minimum atomic E-state index is -1.93. The van der Waals surface area contributed by atoms with Crippen LogP contribution in [-0.2, 0) is 52.8 Å². The highest BCUT2D eigenvalue weighted by atomic mass is 33.1. The van der Waals surface area contributed by atoms with Gasteiger partial charge in [-0.05, 0) is 187 Å². The van der Waals surface area contributed by atoms with E-state index in [-0.39, 0.29) is 185 Å². The van der Waals surface area contributed by atoms with Crippen LogP contribution in [0.4, 0.5) is 4.79 Å². The largest absolute Gasteiger partial charge is 0.508 e. The number of nitrogens with one attached hydrogen (secondary N) is 13. The third-order valence-electron chi connectivity index (χ3n) is 22.3. The molecule has 0 aliphatic carbocycles. The number of benzene rings is 4. The summed E-state index contributed by atoms with van der Waals surface area (Å²) in [6.45, 7) is 0.0382. The third-order valence-corrected chi connectivity index (χ3v) is 24.7. The molecule has 52 heteroatoms. The number of hydrogen-bond acceptors (Lipinski definition) is 27. The van der Waals surface area contributed by atoms with Gasteiger partial charge < -0.3 is 160 Å². The number of aliphatic hydroxyl groups is 8. The molecule has 141 heavy (non-hydrogen) atoms. The van der Waals surface area contributed by atoms with Gasteiger partial charge in [0.2, 0.25) is 76.7 Å². The minimum Gasteiger partial charge on any atom is -0.508 e. The number of nitrogens with zero attached hydrogens (tertiary/aromatic N) is 9. The molecule has 6 rings (SSSR count). The average Bonchev–Trinajstić information content (AvgIpc) is 1.79. The van der Waals surface area contributed by atoms with E-state index in [1.165, 1.54) is 53.4 Å². The normalized spacial score (nSPS) is 20.4. The first-order valence-corrected chi connectivity index (χ1v) is 48.6. The number of aromatic hydroxyl groups is 2. The fraction of sp³-hybridized carbons (Fsp3) is 0.528. The molecule has 14 atom stereocenters. The highest BCUT2D eigenvalue weighted by molar-refractivity contribution is 8.76. The molecule has 7 amide bonds. The first-order chi connectivity index (χ1) is 67.2. The number of primary amides is 1. The number of carbonyl (C=O) groups is 8. The molecule has 0 spiro atoms. The standard InChI is InChI=1S/C89H136N30O20S2/c90-35-5-3-16-57-74(127)112-62(17-4-6-36-91)83(136)119-42-12-22-69(119)82(135)116-65(45-50-26-31-55(121)32-27-50)78(131)111-59(19-9-39-104-87(97)98)73(126)109-60(20-10-41-106-89(101)139)75(128)117-67(80(133)113-63(84(137)138)21-11-40-105-88(99)100)47-140-141-48-68(81(134)115-64(44-49-24-29-54(120)30-25-49)77(130)110-58(72(125)108-57)18-8-38-103-86(95)96)118-79(132)66(46-51-23-28-52-13-1-2-14-53(52)43-51)114-76(129)61(33-34-70(122)123)107-71(124)56(92)15-7-37-102-85(93)94/h1-2,13-14,23-32,43,56-69,120-121H,3-12,15-22,33-42,44-48,90-92H2,(H,107,124)(H,108,125)(H,109,126)(H,110,130)(H,111,131)(H,112,127)(H,113,133)(H,114,129)(H,115,134)(H,116,135)(H,117,128)(H,118,132)(H,122,123)(H,137,138)(H4,93,94,102)(H4,95,96,103)(H4,97,98,104)(H4,99,100,105)(H3,101,106,139)/t56-,57?,58?,59-,60-,61+,62?,63-,64-,65-,66-,67-,68?,69+/m1/s1. The Hall–Kier alpha value is -14.3. The maximum Gasteiger partial charge on any atom is 0.326 e. The smallest absolute Gasteiger partial charge is 0.326 e. The number of aliphatic hydroxyl groups excluding tert-OH is 8. The fourth-order valence-electron chi connectivity index (χ4n) is 14.8. The number of phenols is 2. The lowest BCUT2D eigenvalue weighted by molar-refractivity contribution is -0.142. The van der Waals surface area contributed by atoms with Crippen molar-refractivity contribution in [3.8, 4) is 11.5 Å². The molecule has 4 aromatic rings. The van der Waals surface area contributed by atoms with Crippen LogP contribution in [0.2, 0.25) is 0 Å². The SMILES string of the molecule is N=C(N)NCCCC1N=C(O)[C@@H](Cc2ccc(O)cc2)N=C(O)C(NC(=O)[C@@H](Cc2ccc3ccccc3c2)NC(=O)[C@H](CCC(=O)O)NC(=O)[C@H](N)CCCNC(=N)N)CSSC[C@H](C(=O)N[C@H](CCCNC(=N)N)C(=O)O)N=C(O)[C@@H](CCCNC(N)=O)N=C(O)[C@@H](CCCNC(=N)N)N=C(O)[C@@H](Cc2ccc(O)cc2)N=C(O)[C@@H]2CCCN2C(=O)C(CCCCN)N=C(O)C(CCCCN)N=C1O. The van der Waals surface area contributed by atoms with Crippen molar-refractivity contribution in [2.45, 2.75) is 232 Å². The van der Waals surface area contributed by atoms with Gasteiger partial charge in [0.25, 0.3) is 0 Å². The van der Waals surface area contributed by atoms with Gasteiger partial charge in [0.15, 0.2) is 23.8 Å². The number of carboxylic acids is 2. The summed E-state index contributed by atoms with van der Waals surface area (Å²) < 4.78 is 0. The topological polar surface area (TPSA) is 893 Å². The fourth-order valence-corrected chi connectivity index (χ4v) is 17.1. The number of unbranched alkanes of at least 4 members (excludes halogenated alkanes) is 2. The Balaban J connectivity index is 1.72. The van der Waals surface area contributed by atoms with Gasteiger partial charge in [0, 0.05) is 76.5 Å².